The van der Waals surface area contributed by atoms with E-state index in [-0.39, 0.29) is 0 Å². The van der Waals surface area contributed by atoms with Gasteiger partial charge in [0.1, 0.15) is 11.9 Å². The molecule has 2 nitrogen and oxygen atoms in total. The molecule has 0 amide bonds. The lowest BCUT2D eigenvalue weighted by Crippen LogP contribution is -2.27. The minimum Gasteiger partial charge on any atom is -0.200 e. The maximum Gasteiger partial charge on any atom is 0.327 e. The maximum absolute atomic E-state index is 4.30. The molecule has 12 heavy (non-hydrogen) atoms. The largest absolute Gasteiger partial charge is 0.327 e. The Bertz CT molecular complexity index is 421. The molecular formula is C10H11N2+. The number of aryl methyl sites for hydroxylation is 2. The van der Waals surface area contributed by atoms with Gasteiger partial charge in [-0.15, -0.1) is 0 Å². The monoisotopic (exact) mass is 159 g/mol. The van der Waals surface area contributed by atoms with Crippen LogP contribution in [0, 0.1) is 13.8 Å². The molecule has 2 aromatic heterocycles. The molecule has 2 rings (SSSR count). The van der Waals surface area contributed by atoms with Gasteiger partial charge < -0.3 is 0 Å². The minimum absolute atomic E-state index is 1.00. The van der Waals surface area contributed by atoms with E-state index in [4.69, 9.17) is 0 Å². The van der Waals surface area contributed by atoms with Crippen molar-refractivity contribution in [2.45, 2.75) is 13.8 Å². The van der Waals surface area contributed by atoms with Gasteiger partial charge in [-0.25, -0.2) is 4.40 Å². The molecule has 2 aromatic rings. The molecule has 0 saturated carbocycles. The molecule has 0 aliphatic heterocycles. The summed E-state index contributed by atoms with van der Waals surface area (Å²) in [6.45, 7) is 4.17. The van der Waals surface area contributed by atoms with E-state index in [1.165, 1.54) is 11.3 Å². The predicted molar refractivity (Wildman–Crippen MR) is 46.9 cm³/mol. The third kappa shape index (κ3) is 0.961. The molecular weight excluding hydrogens is 148 g/mol. The lowest BCUT2D eigenvalue weighted by atomic mass is 10.2. The van der Waals surface area contributed by atoms with Crippen LogP contribution in [0.25, 0.3) is 5.65 Å². The number of fused-ring (bicyclic) bond motifs is 1. The zero-order valence-electron chi connectivity index (χ0n) is 7.28. The van der Waals surface area contributed by atoms with Crippen molar-refractivity contribution < 1.29 is 4.40 Å². The Morgan fingerprint density at radius 1 is 1.25 bits per heavy atom. The van der Waals surface area contributed by atoms with Gasteiger partial charge in [0, 0.05) is 11.6 Å². The lowest BCUT2D eigenvalue weighted by Gasteiger charge is -1.96. The molecule has 2 heteroatoms. The third-order valence-corrected chi connectivity index (χ3v) is 2.16. The Balaban J connectivity index is 2.91. The first-order chi connectivity index (χ1) is 5.79. The highest BCUT2D eigenvalue weighted by atomic mass is 15.0. The molecule has 0 spiro atoms. The second-order valence-electron chi connectivity index (χ2n) is 2.96. The van der Waals surface area contributed by atoms with E-state index in [1.807, 2.05) is 30.6 Å². The van der Waals surface area contributed by atoms with Gasteiger partial charge in [-0.05, 0) is 24.9 Å². The van der Waals surface area contributed by atoms with Crippen LogP contribution in [0.5, 0.6) is 0 Å². The number of hydrogen-bond acceptors (Lipinski definition) is 1. The summed E-state index contributed by atoms with van der Waals surface area (Å²) in [5.41, 5.74) is 3.47. The highest BCUT2D eigenvalue weighted by Crippen LogP contribution is 2.00. The molecule has 0 aliphatic rings. The summed E-state index contributed by atoms with van der Waals surface area (Å²) in [6.07, 6.45) is 3.94. The zero-order valence-corrected chi connectivity index (χ0v) is 7.28. The fourth-order valence-electron chi connectivity index (χ4n) is 1.27. The van der Waals surface area contributed by atoms with Gasteiger partial charge in [-0.1, -0.05) is 6.07 Å². The van der Waals surface area contributed by atoms with E-state index < -0.39 is 0 Å². The predicted octanol–water partition coefficient (Wildman–Crippen LogP) is 1.44. The molecule has 60 valence electrons. The molecule has 0 N–H and O–H groups in total. The molecule has 0 atom stereocenters. The summed E-state index contributed by atoms with van der Waals surface area (Å²) in [6, 6.07) is 6.02. The molecule has 0 aliphatic carbocycles. The van der Waals surface area contributed by atoms with Crippen molar-refractivity contribution in [2.24, 2.45) is 0 Å². The van der Waals surface area contributed by atoms with Crippen molar-refractivity contribution in [2.75, 3.05) is 0 Å². The van der Waals surface area contributed by atoms with Gasteiger partial charge in [0.15, 0.2) is 0 Å². The van der Waals surface area contributed by atoms with Crippen molar-refractivity contribution in [1.82, 2.24) is 4.98 Å². The van der Waals surface area contributed by atoms with Crippen LogP contribution < -0.4 is 4.40 Å². The second kappa shape index (κ2) is 2.55. The maximum atomic E-state index is 4.30. The van der Waals surface area contributed by atoms with Crippen molar-refractivity contribution in [3.05, 3.63) is 41.9 Å². The van der Waals surface area contributed by atoms with Gasteiger partial charge in [0.25, 0.3) is 0 Å². The smallest absolute Gasteiger partial charge is 0.200 e. The average molecular weight is 159 g/mol. The fourth-order valence-corrected chi connectivity index (χ4v) is 1.27. The van der Waals surface area contributed by atoms with E-state index in [1.54, 1.807) is 0 Å². The second-order valence-corrected chi connectivity index (χ2v) is 2.96. The molecule has 0 unspecified atom stereocenters. The first-order valence-electron chi connectivity index (χ1n) is 4.01. The summed E-state index contributed by atoms with van der Waals surface area (Å²) in [4.78, 5) is 4.30. The SMILES string of the molecule is Cc1cnc2cccc[n+]2c1C. The molecule has 0 saturated heterocycles. The Labute approximate surface area is 71.5 Å². The van der Waals surface area contributed by atoms with Crippen molar-refractivity contribution >= 4 is 5.65 Å². The van der Waals surface area contributed by atoms with Crippen LogP contribution >= 0.6 is 0 Å². The zero-order chi connectivity index (χ0) is 8.55. The Kier molecular flexibility index (Phi) is 1.54. The number of rotatable bonds is 0. The summed E-state index contributed by atoms with van der Waals surface area (Å²) in [5, 5.41) is 0. The quantitative estimate of drug-likeness (QED) is 0.531. The molecule has 0 radical (unpaired) electrons. The van der Waals surface area contributed by atoms with Crippen LogP contribution in [0.4, 0.5) is 0 Å². The Hall–Kier alpha value is -1.44. The van der Waals surface area contributed by atoms with Gasteiger partial charge in [-0.2, -0.15) is 0 Å². The van der Waals surface area contributed by atoms with Gasteiger partial charge in [-0.3, -0.25) is 0 Å². The van der Waals surface area contributed by atoms with Crippen LogP contribution in [-0.2, 0) is 0 Å². The number of nitrogens with zero attached hydrogens (tertiary/aromatic N) is 2. The fraction of sp³-hybridized carbons (Fsp3) is 0.200. The number of aromatic nitrogens is 2. The average Bonchev–Trinajstić information content (AvgIpc) is 2.12. The molecule has 0 aromatic carbocycles. The van der Waals surface area contributed by atoms with Crippen molar-refractivity contribution in [3.8, 4) is 0 Å². The summed E-state index contributed by atoms with van der Waals surface area (Å²) < 4.78 is 2.09. The van der Waals surface area contributed by atoms with E-state index >= 15 is 0 Å². The third-order valence-electron chi connectivity index (χ3n) is 2.16. The highest BCUT2D eigenvalue weighted by molar-refractivity contribution is 5.29. The van der Waals surface area contributed by atoms with Gasteiger partial charge in [0.05, 0.1) is 6.20 Å². The summed E-state index contributed by atoms with van der Waals surface area (Å²) in [5.74, 6) is 0. The van der Waals surface area contributed by atoms with E-state index in [9.17, 15) is 0 Å². The lowest BCUT2D eigenvalue weighted by molar-refractivity contribution is -0.522. The Morgan fingerprint density at radius 2 is 2.08 bits per heavy atom. The number of pyridine rings is 1. The molecule has 0 fully saturated rings. The van der Waals surface area contributed by atoms with Gasteiger partial charge in [0.2, 0.25) is 0 Å². The number of hydrogen-bond donors (Lipinski definition) is 0. The molecule has 2 heterocycles. The topological polar surface area (TPSA) is 17.0 Å². The van der Waals surface area contributed by atoms with E-state index in [2.05, 4.69) is 23.2 Å². The van der Waals surface area contributed by atoms with Crippen LogP contribution in [0.3, 0.4) is 0 Å². The Morgan fingerprint density at radius 3 is 2.92 bits per heavy atom. The van der Waals surface area contributed by atoms with E-state index in [0.717, 1.165) is 5.65 Å². The minimum atomic E-state index is 1.00. The van der Waals surface area contributed by atoms with Crippen molar-refractivity contribution in [1.29, 1.82) is 0 Å². The standard InChI is InChI=1S/C10H11N2/c1-8-7-11-10-5-3-4-6-12(10)9(8)2/h3-7H,1-2H3/q+1. The summed E-state index contributed by atoms with van der Waals surface area (Å²) in [7, 11) is 0. The van der Waals surface area contributed by atoms with Crippen LogP contribution in [0.1, 0.15) is 11.3 Å². The van der Waals surface area contributed by atoms with Crippen LogP contribution in [0.2, 0.25) is 0 Å². The van der Waals surface area contributed by atoms with Crippen LogP contribution in [-0.4, -0.2) is 4.98 Å². The van der Waals surface area contributed by atoms with Crippen molar-refractivity contribution in [3.63, 3.8) is 0 Å². The first-order valence-corrected chi connectivity index (χ1v) is 4.01. The normalized spacial score (nSPS) is 10.5. The highest BCUT2D eigenvalue weighted by Gasteiger charge is 2.06. The first kappa shape index (κ1) is 7.22. The summed E-state index contributed by atoms with van der Waals surface area (Å²) >= 11 is 0. The molecule has 0 bridgehead atoms. The van der Waals surface area contributed by atoms with Gasteiger partial charge >= 0.3 is 5.65 Å². The van der Waals surface area contributed by atoms with E-state index in [0.29, 0.717) is 0 Å². The van der Waals surface area contributed by atoms with Crippen LogP contribution in [0.15, 0.2) is 30.6 Å².